The van der Waals surface area contributed by atoms with Crippen LogP contribution >= 0.6 is 0 Å². The standard InChI is InChI=1S/C24H28N4O3/c1-17-7-4-5-9-21(17)28-15-19(13-25-28)14-26(3)23(29)22-18(2)10-11-27(24(22)30)16-20-8-6-12-31-20/h4-5,7,9-11,13,15,20H,6,8,12,14,16H2,1-3H3. The van der Waals surface area contributed by atoms with Gasteiger partial charge in [0.25, 0.3) is 11.5 Å². The molecule has 1 atom stereocenters. The topological polar surface area (TPSA) is 69.4 Å². The maximum atomic E-state index is 13.2. The van der Waals surface area contributed by atoms with Gasteiger partial charge in [0.15, 0.2) is 0 Å². The molecule has 1 aromatic carbocycles. The highest BCUT2D eigenvalue weighted by Gasteiger charge is 2.22. The van der Waals surface area contributed by atoms with Crippen molar-refractivity contribution in [3.63, 3.8) is 0 Å². The van der Waals surface area contributed by atoms with Gasteiger partial charge < -0.3 is 14.2 Å². The van der Waals surface area contributed by atoms with Crippen molar-refractivity contribution in [2.75, 3.05) is 13.7 Å². The molecule has 4 rings (SSSR count). The lowest BCUT2D eigenvalue weighted by Gasteiger charge is -2.19. The van der Waals surface area contributed by atoms with E-state index in [1.54, 1.807) is 35.8 Å². The molecule has 0 spiro atoms. The molecule has 0 radical (unpaired) electrons. The maximum Gasteiger partial charge on any atom is 0.263 e. The Morgan fingerprint density at radius 3 is 2.77 bits per heavy atom. The van der Waals surface area contributed by atoms with Gasteiger partial charge in [-0.05, 0) is 49.9 Å². The van der Waals surface area contributed by atoms with E-state index < -0.39 is 0 Å². The van der Waals surface area contributed by atoms with E-state index in [4.69, 9.17) is 4.74 Å². The van der Waals surface area contributed by atoms with Crippen molar-refractivity contribution >= 4 is 5.91 Å². The molecule has 0 bridgehead atoms. The van der Waals surface area contributed by atoms with Crippen LogP contribution in [-0.2, 0) is 17.8 Å². The second-order valence-corrected chi connectivity index (χ2v) is 8.21. The van der Waals surface area contributed by atoms with E-state index in [1.165, 1.54) is 0 Å². The van der Waals surface area contributed by atoms with Crippen LogP contribution in [0.2, 0.25) is 0 Å². The van der Waals surface area contributed by atoms with E-state index in [9.17, 15) is 9.59 Å². The Morgan fingerprint density at radius 1 is 1.23 bits per heavy atom. The number of para-hydroxylation sites is 1. The lowest BCUT2D eigenvalue weighted by atomic mass is 10.1. The number of hydrogen-bond donors (Lipinski definition) is 0. The third kappa shape index (κ3) is 4.46. The summed E-state index contributed by atoms with van der Waals surface area (Å²) in [5.41, 5.74) is 3.65. The van der Waals surface area contributed by atoms with E-state index in [1.807, 2.05) is 48.1 Å². The Kier molecular flexibility index (Phi) is 6.04. The van der Waals surface area contributed by atoms with Crippen molar-refractivity contribution in [1.29, 1.82) is 0 Å². The fraction of sp³-hybridized carbons (Fsp3) is 0.375. The summed E-state index contributed by atoms with van der Waals surface area (Å²) in [6.45, 7) is 5.41. The Balaban J connectivity index is 1.52. The lowest BCUT2D eigenvalue weighted by molar-refractivity contribution is 0.0778. The van der Waals surface area contributed by atoms with Crippen LogP contribution in [0.5, 0.6) is 0 Å². The average Bonchev–Trinajstić information content (AvgIpc) is 3.42. The van der Waals surface area contributed by atoms with Crippen molar-refractivity contribution in [1.82, 2.24) is 19.2 Å². The first kappa shape index (κ1) is 21.1. The smallest absolute Gasteiger partial charge is 0.263 e. The summed E-state index contributed by atoms with van der Waals surface area (Å²) < 4.78 is 9.06. The Hall–Kier alpha value is -3.19. The molecule has 2 aromatic heterocycles. The number of benzene rings is 1. The molecular formula is C24H28N4O3. The van der Waals surface area contributed by atoms with Crippen molar-refractivity contribution in [2.24, 2.45) is 0 Å². The number of carbonyl (C=O) groups is 1. The van der Waals surface area contributed by atoms with Gasteiger partial charge in [0, 0.05) is 38.2 Å². The number of pyridine rings is 1. The summed E-state index contributed by atoms with van der Waals surface area (Å²) in [4.78, 5) is 27.8. The number of rotatable bonds is 6. The quantitative estimate of drug-likeness (QED) is 0.615. The number of ether oxygens (including phenoxy) is 1. The van der Waals surface area contributed by atoms with Gasteiger partial charge in [-0.15, -0.1) is 0 Å². The Morgan fingerprint density at radius 2 is 2.03 bits per heavy atom. The van der Waals surface area contributed by atoms with Crippen LogP contribution in [0.1, 0.15) is 39.9 Å². The third-order valence-corrected chi connectivity index (χ3v) is 5.78. The Bertz CT molecular complexity index is 1140. The minimum absolute atomic E-state index is 0.0355. The summed E-state index contributed by atoms with van der Waals surface area (Å²) in [6, 6.07) is 9.83. The SMILES string of the molecule is Cc1ccccc1-n1cc(CN(C)C(=O)c2c(C)ccn(CC3CCCO3)c2=O)cn1. The van der Waals surface area contributed by atoms with E-state index in [-0.39, 0.29) is 23.1 Å². The molecule has 1 aliphatic rings. The zero-order valence-corrected chi connectivity index (χ0v) is 18.2. The average molecular weight is 421 g/mol. The summed E-state index contributed by atoms with van der Waals surface area (Å²) in [5.74, 6) is -0.284. The van der Waals surface area contributed by atoms with Crippen LogP contribution in [-0.4, -0.2) is 44.9 Å². The molecule has 1 unspecified atom stereocenters. The highest BCUT2D eigenvalue weighted by atomic mass is 16.5. The monoisotopic (exact) mass is 420 g/mol. The van der Waals surface area contributed by atoms with Gasteiger partial charge >= 0.3 is 0 Å². The first-order chi connectivity index (χ1) is 14.9. The molecule has 31 heavy (non-hydrogen) atoms. The van der Waals surface area contributed by atoms with Crippen molar-refractivity contribution < 1.29 is 9.53 Å². The molecule has 0 aliphatic carbocycles. The molecule has 1 saturated heterocycles. The molecule has 3 heterocycles. The van der Waals surface area contributed by atoms with E-state index in [0.717, 1.165) is 36.3 Å². The fourth-order valence-electron chi connectivity index (χ4n) is 4.01. The molecule has 7 nitrogen and oxygen atoms in total. The number of hydrogen-bond acceptors (Lipinski definition) is 4. The fourth-order valence-corrected chi connectivity index (χ4v) is 4.01. The number of aromatic nitrogens is 3. The molecule has 162 valence electrons. The van der Waals surface area contributed by atoms with E-state index in [0.29, 0.717) is 18.7 Å². The van der Waals surface area contributed by atoms with Gasteiger partial charge in [-0.1, -0.05) is 18.2 Å². The zero-order valence-electron chi connectivity index (χ0n) is 18.2. The van der Waals surface area contributed by atoms with Crippen molar-refractivity contribution in [3.8, 4) is 5.69 Å². The van der Waals surface area contributed by atoms with Gasteiger partial charge in [0.1, 0.15) is 5.56 Å². The number of nitrogens with zero attached hydrogens (tertiary/aromatic N) is 4. The second-order valence-electron chi connectivity index (χ2n) is 8.21. The lowest BCUT2D eigenvalue weighted by Crippen LogP contribution is -2.36. The van der Waals surface area contributed by atoms with Crippen molar-refractivity contribution in [2.45, 2.75) is 45.9 Å². The zero-order chi connectivity index (χ0) is 22.0. The molecular weight excluding hydrogens is 392 g/mol. The van der Waals surface area contributed by atoms with Gasteiger partial charge in [0.05, 0.1) is 24.5 Å². The summed E-state index contributed by atoms with van der Waals surface area (Å²) in [6.07, 6.45) is 7.41. The van der Waals surface area contributed by atoms with Crippen molar-refractivity contribution in [3.05, 3.63) is 81.5 Å². The first-order valence-corrected chi connectivity index (χ1v) is 10.6. The third-order valence-electron chi connectivity index (χ3n) is 5.78. The highest BCUT2D eigenvalue weighted by molar-refractivity contribution is 5.95. The van der Waals surface area contributed by atoms with Crippen LogP contribution in [0.3, 0.4) is 0 Å². The molecule has 1 fully saturated rings. The molecule has 0 saturated carbocycles. The van der Waals surface area contributed by atoms with Crippen LogP contribution in [0.15, 0.2) is 53.7 Å². The summed E-state index contributed by atoms with van der Waals surface area (Å²) in [7, 11) is 1.71. The predicted molar refractivity (Wildman–Crippen MR) is 119 cm³/mol. The van der Waals surface area contributed by atoms with E-state index >= 15 is 0 Å². The molecule has 1 aliphatic heterocycles. The van der Waals surface area contributed by atoms with Crippen LogP contribution in [0.4, 0.5) is 0 Å². The molecule has 1 amide bonds. The minimum atomic E-state index is -0.284. The number of carbonyl (C=O) groups excluding carboxylic acids is 1. The van der Waals surface area contributed by atoms with Gasteiger partial charge in [-0.3, -0.25) is 9.59 Å². The normalized spacial score (nSPS) is 15.9. The first-order valence-electron chi connectivity index (χ1n) is 10.6. The van der Waals surface area contributed by atoms with Crippen LogP contribution < -0.4 is 5.56 Å². The van der Waals surface area contributed by atoms with Crippen LogP contribution in [0, 0.1) is 13.8 Å². The number of aryl methyl sites for hydroxylation is 2. The molecule has 0 N–H and O–H groups in total. The molecule has 3 aromatic rings. The predicted octanol–water partition coefficient (Wildman–Crippen LogP) is 3.10. The maximum absolute atomic E-state index is 13.2. The number of amides is 1. The highest BCUT2D eigenvalue weighted by Crippen LogP contribution is 2.16. The van der Waals surface area contributed by atoms with Gasteiger partial charge in [-0.2, -0.15) is 5.10 Å². The summed E-state index contributed by atoms with van der Waals surface area (Å²) >= 11 is 0. The molecule has 7 heteroatoms. The van der Waals surface area contributed by atoms with Crippen LogP contribution in [0.25, 0.3) is 5.69 Å². The second kappa shape index (κ2) is 8.89. The van der Waals surface area contributed by atoms with Gasteiger partial charge in [-0.25, -0.2) is 4.68 Å². The summed E-state index contributed by atoms with van der Waals surface area (Å²) in [5, 5.41) is 4.44. The van der Waals surface area contributed by atoms with Gasteiger partial charge in [0.2, 0.25) is 0 Å². The Labute approximate surface area is 181 Å². The largest absolute Gasteiger partial charge is 0.376 e. The minimum Gasteiger partial charge on any atom is -0.376 e. The van der Waals surface area contributed by atoms with E-state index in [2.05, 4.69) is 5.10 Å².